The van der Waals surface area contributed by atoms with E-state index in [1.807, 2.05) is 32.0 Å². The molecule has 176 valence electrons. The number of benzene rings is 2. The van der Waals surface area contributed by atoms with E-state index in [0.29, 0.717) is 22.5 Å². The van der Waals surface area contributed by atoms with Gasteiger partial charge in [0.05, 0.1) is 28.6 Å². The Hall–Kier alpha value is -3.79. The molecular weight excluding hydrogens is 430 g/mol. The number of anilines is 2. The number of aromatic carboxylic acids is 1. The molecule has 0 spiro atoms. The number of carbonyl (C=O) groups is 1. The van der Waals surface area contributed by atoms with Crippen molar-refractivity contribution in [2.75, 3.05) is 23.3 Å². The lowest BCUT2D eigenvalue weighted by molar-refractivity contribution is 0.0698. The molecule has 2 aromatic carbocycles. The van der Waals surface area contributed by atoms with Crippen LogP contribution in [0, 0.1) is 23.7 Å². The number of piperidine rings is 1. The van der Waals surface area contributed by atoms with Gasteiger partial charge in [-0.15, -0.1) is 0 Å². The summed E-state index contributed by atoms with van der Waals surface area (Å²) in [5, 5.41) is 22.5. The summed E-state index contributed by atoms with van der Waals surface area (Å²) in [4.78, 5) is 26.9. The summed E-state index contributed by atoms with van der Waals surface area (Å²) < 4.78 is 6.34. The van der Waals surface area contributed by atoms with E-state index < -0.39 is 5.97 Å². The molecular formula is C27H29N3O4. The van der Waals surface area contributed by atoms with Gasteiger partial charge in [-0.05, 0) is 61.9 Å². The average molecular weight is 460 g/mol. The molecule has 7 heteroatoms. The molecule has 1 atom stereocenters. The Morgan fingerprint density at radius 3 is 2.56 bits per heavy atom. The van der Waals surface area contributed by atoms with Crippen molar-refractivity contribution in [3.63, 3.8) is 0 Å². The van der Waals surface area contributed by atoms with Gasteiger partial charge in [-0.1, -0.05) is 19.9 Å². The summed E-state index contributed by atoms with van der Waals surface area (Å²) in [5.41, 5.74) is 3.05. The molecule has 1 saturated heterocycles. The van der Waals surface area contributed by atoms with Crippen molar-refractivity contribution in [1.82, 2.24) is 0 Å². The molecule has 4 rings (SSSR count). The Kier molecular flexibility index (Phi) is 6.09. The molecule has 1 unspecified atom stereocenters. The number of nitriles is 1. The minimum atomic E-state index is -1.12. The van der Waals surface area contributed by atoms with Crippen LogP contribution in [0.25, 0.3) is 11.0 Å². The molecule has 1 aromatic heterocycles. The first-order valence-electron chi connectivity index (χ1n) is 11.5. The second-order valence-electron chi connectivity index (χ2n) is 9.87. The first-order chi connectivity index (χ1) is 16.1. The van der Waals surface area contributed by atoms with E-state index in [1.54, 1.807) is 18.2 Å². The predicted octanol–water partition coefficient (Wildman–Crippen LogP) is 5.47. The van der Waals surface area contributed by atoms with E-state index in [4.69, 9.17) is 9.68 Å². The van der Waals surface area contributed by atoms with E-state index in [2.05, 4.69) is 24.1 Å². The number of carboxylic acids is 1. The van der Waals surface area contributed by atoms with Crippen LogP contribution in [-0.4, -0.2) is 24.2 Å². The average Bonchev–Trinajstić information content (AvgIpc) is 2.79. The van der Waals surface area contributed by atoms with Crippen LogP contribution in [0.3, 0.4) is 0 Å². The number of aryl methyl sites for hydroxylation is 1. The summed E-state index contributed by atoms with van der Waals surface area (Å²) in [7, 11) is 0. The normalized spacial score (nSPS) is 16.1. The lowest BCUT2D eigenvalue weighted by Gasteiger charge is -2.37. The van der Waals surface area contributed by atoms with Crippen LogP contribution in [0.5, 0.6) is 0 Å². The minimum absolute atomic E-state index is 0.0148. The van der Waals surface area contributed by atoms with Crippen LogP contribution < -0.4 is 15.6 Å². The topological polar surface area (TPSA) is 107 Å². The van der Waals surface area contributed by atoms with Gasteiger partial charge in [0, 0.05) is 30.4 Å². The highest BCUT2D eigenvalue weighted by Crippen LogP contribution is 2.34. The van der Waals surface area contributed by atoms with Gasteiger partial charge >= 0.3 is 5.97 Å². The molecule has 1 aliphatic heterocycles. The predicted molar refractivity (Wildman–Crippen MR) is 133 cm³/mol. The lowest BCUT2D eigenvalue weighted by Crippen LogP contribution is -2.37. The zero-order valence-corrected chi connectivity index (χ0v) is 19.9. The number of hydrogen-bond acceptors (Lipinski definition) is 6. The maximum atomic E-state index is 13.1. The van der Waals surface area contributed by atoms with E-state index in [-0.39, 0.29) is 28.0 Å². The number of nitrogens with zero attached hydrogens (tertiary/aromatic N) is 2. The van der Waals surface area contributed by atoms with Gasteiger partial charge in [-0.25, -0.2) is 4.79 Å². The van der Waals surface area contributed by atoms with Crippen molar-refractivity contribution in [1.29, 1.82) is 5.26 Å². The molecule has 1 fully saturated rings. The molecule has 0 bridgehead atoms. The van der Waals surface area contributed by atoms with Crippen molar-refractivity contribution < 1.29 is 14.3 Å². The first kappa shape index (κ1) is 23.4. The Balaban J connectivity index is 1.75. The quantitative estimate of drug-likeness (QED) is 0.521. The fourth-order valence-electron chi connectivity index (χ4n) is 4.46. The maximum Gasteiger partial charge on any atom is 0.337 e. The number of fused-ring (bicyclic) bond motifs is 1. The molecule has 7 nitrogen and oxygen atoms in total. The number of carboxylic acid groups (broad SMARTS) is 1. The van der Waals surface area contributed by atoms with Crippen molar-refractivity contribution in [2.45, 2.75) is 46.6 Å². The van der Waals surface area contributed by atoms with Crippen LogP contribution in [0.15, 0.2) is 45.6 Å². The van der Waals surface area contributed by atoms with Crippen molar-refractivity contribution in [3.05, 3.63) is 68.9 Å². The maximum absolute atomic E-state index is 13.1. The van der Waals surface area contributed by atoms with E-state index >= 15 is 0 Å². The Morgan fingerprint density at radius 1 is 1.21 bits per heavy atom. The largest absolute Gasteiger partial charge is 0.478 e. The number of rotatable bonds is 5. The summed E-state index contributed by atoms with van der Waals surface area (Å²) in [6, 6.07) is 11.5. The summed E-state index contributed by atoms with van der Waals surface area (Å²) >= 11 is 0. The van der Waals surface area contributed by atoms with Crippen LogP contribution in [0.2, 0.25) is 0 Å². The van der Waals surface area contributed by atoms with Gasteiger partial charge in [0.2, 0.25) is 0 Å². The molecule has 2 N–H and O–H groups in total. The van der Waals surface area contributed by atoms with Crippen molar-refractivity contribution >= 4 is 28.5 Å². The smallest absolute Gasteiger partial charge is 0.337 e. The van der Waals surface area contributed by atoms with Crippen LogP contribution >= 0.6 is 0 Å². The molecule has 34 heavy (non-hydrogen) atoms. The second-order valence-corrected chi connectivity index (χ2v) is 9.87. The molecule has 3 aromatic rings. The zero-order chi connectivity index (χ0) is 24.6. The first-order valence-corrected chi connectivity index (χ1v) is 11.5. The third-order valence-corrected chi connectivity index (χ3v) is 6.63. The molecule has 0 amide bonds. The van der Waals surface area contributed by atoms with Crippen LogP contribution in [-0.2, 0) is 0 Å². The number of nitrogens with one attached hydrogen (secondary N) is 1. The fourth-order valence-corrected chi connectivity index (χ4v) is 4.46. The summed E-state index contributed by atoms with van der Waals surface area (Å²) in [5.74, 6) is -0.558. The Bertz CT molecular complexity index is 1360. The standard InChI is InChI=1S/C27H29N3O4/c1-16-11-19(17(2)29-22-6-5-18(15-28)13-20(22)26(32)33)25-21(12-16)23(31)14-24(34-25)30-9-7-27(3,4)8-10-30/h5-6,11-14,17,29H,7-10H2,1-4H3,(H,32,33). The van der Waals surface area contributed by atoms with Gasteiger partial charge in [0.25, 0.3) is 0 Å². The van der Waals surface area contributed by atoms with Gasteiger partial charge in [-0.3, -0.25) is 4.79 Å². The molecule has 2 heterocycles. The summed E-state index contributed by atoms with van der Waals surface area (Å²) in [6.45, 7) is 9.97. The lowest BCUT2D eigenvalue weighted by atomic mass is 9.83. The van der Waals surface area contributed by atoms with Gasteiger partial charge in [0.1, 0.15) is 5.58 Å². The third kappa shape index (κ3) is 4.62. The molecule has 0 saturated carbocycles. The van der Waals surface area contributed by atoms with E-state index in [9.17, 15) is 14.7 Å². The highest BCUT2D eigenvalue weighted by molar-refractivity contribution is 5.95. The molecule has 1 aliphatic rings. The van der Waals surface area contributed by atoms with Gasteiger partial charge < -0.3 is 19.7 Å². The third-order valence-electron chi connectivity index (χ3n) is 6.63. The number of hydrogen-bond donors (Lipinski definition) is 2. The van der Waals surface area contributed by atoms with E-state index in [0.717, 1.165) is 37.1 Å². The Morgan fingerprint density at radius 2 is 1.91 bits per heavy atom. The Labute approximate surface area is 198 Å². The van der Waals surface area contributed by atoms with Gasteiger partial charge in [-0.2, -0.15) is 5.26 Å². The second kappa shape index (κ2) is 8.86. The minimum Gasteiger partial charge on any atom is -0.478 e. The van der Waals surface area contributed by atoms with Gasteiger partial charge in [0.15, 0.2) is 11.3 Å². The van der Waals surface area contributed by atoms with Crippen molar-refractivity contribution in [3.8, 4) is 6.07 Å². The summed E-state index contributed by atoms with van der Waals surface area (Å²) in [6.07, 6.45) is 2.04. The van der Waals surface area contributed by atoms with Crippen LogP contribution in [0.4, 0.5) is 11.6 Å². The monoisotopic (exact) mass is 459 g/mol. The SMILES string of the molecule is Cc1cc(C(C)Nc2ccc(C#N)cc2C(=O)O)c2oc(N3CCC(C)(C)CC3)cc(=O)c2c1. The zero-order valence-electron chi connectivity index (χ0n) is 19.9. The van der Waals surface area contributed by atoms with E-state index in [1.165, 1.54) is 6.07 Å². The molecule has 0 aliphatic carbocycles. The fraction of sp³-hybridized carbons (Fsp3) is 0.370. The highest BCUT2D eigenvalue weighted by atomic mass is 16.4. The van der Waals surface area contributed by atoms with Crippen molar-refractivity contribution in [2.24, 2.45) is 5.41 Å². The molecule has 0 radical (unpaired) electrons. The van der Waals surface area contributed by atoms with Crippen LogP contribution in [0.1, 0.15) is 66.7 Å². The highest BCUT2D eigenvalue weighted by Gasteiger charge is 2.27.